The Balaban J connectivity index is 1.92. The van der Waals surface area contributed by atoms with E-state index in [0.29, 0.717) is 17.7 Å². The molecule has 7 nitrogen and oxygen atoms in total. The van der Waals surface area contributed by atoms with Gasteiger partial charge in [-0.25, -0.2) is 0 Å². The van der Waals surface area contributed by atoms with Crippen molar-refractivity contribution in [1.29, 1.82) is 0 Å². The van der Waals surface area contributed by atoms with Crippen molar-refractivity contribution in [3.63, 3.8) is 0 Å². The Kier molecular flexibility index (Phi) is 3.94. The third-order valence-corrected chi connectivity index (χ3v) is 6.39. The van der Waals surface area contributed by atoms with Gasteiger partial charge in [0.25, 0.3) is 0 Å². The van der Waals surface area contributed by atoms with Crippen LogP contribution in [0.25, 0.3) is 0 Å². The molecule has 4 rings (SSSR count). The van der Waals surface area contributed by atoms with Crippen LogP contribution >= 0.6 is 0 Å². The number of carbonyl (C=O) groups excluding carboxylic acids is 3. The number of nitrogens with one attached hydrogen (secondary N) is 2. The Morgan fingerprint density at radius 2 is 1.93 bits per heavy atom. The zero-order valence-corrected chi connectivity index (χ0v) is 15.9. The highest BCUT2D eigenvalue weighted by Crippen LogP contribution is 2.53. The number of anilines is 1. The number of rotatable bonds is 3. The van der Waals surface area contributed by atoms with E-state index in [1.807, 2.05) is 39.0 Å². The molecule has 7 heteroatoms. The van der Waals surface area contributed by atoms with Crippen LogP contribution in [0.4, 0.5) is 5.69 Å². The second kappa shape index (κ2) is 5.87. The molecule has 1 spiro atoms. The Morgan fingerprint density at radius 1 is 1.22 bits per heavy atom. The van der Waals surface area contributed by atoms with Crippen LogP contribution in [-0.2, 0) is 19.9 Å². The molecule has 0 radical (unpaired) electrons. The lowest BCUT2D eigenvalue weighted by molar-refractivity contribution is -0.145. The highest BCUT2D eigenvalue weighted by atomic mass is 16.3. The van der Waals surface area contributed by atoms with Crippen LogP contribution in [0.3, 0.4) is 0 Å². The van der Waals surface area contributed by atoms with E-state index in [0.717, 1.165) is 5.56 Å². The predicted molar refractivity (Wildman–Crippen MR) is 98.7 cm³/mol. The Hall–Kier alpha value is -2.25. The summed E-state index contributed by atoms with van der Waals surface area (Å²) >= 11 is 0. The Bertz CT molecular complexity index is 852. The van der Waals surface area contributed by atoms with E-state index < -0.39 is 29.5 Å². The molecule has 0 aromatic heterocycles. The molecular formula is C20H25N3O4. The van der Waals surface area contributed by atoms with Gasteiger partial charge in [-0.2, -0.15) is 0 Å². The molecule has 27 heavy (non-hydrogen) atoms. The van der Waals surface area contributed by atoms with Crippen molar-refractivity contribution in [1.82, 2.24) is 10.2 Å². The van der Waals surface area contributed by atoms with Crippen molar-refractivity contribution in [2.75, 3.05) is 5.32 Å². The molecule has 3 heterocycles. The highest BCUT2D eigenvalue weighted by Gasteiger charge is 2.71. The maximum absolute atomic E-state index is 13.4. The van der Waals surface area contributed by atoms with Gasteiger partial charge in [0, 0.05) is 23.3 Å². The molecule has 144 valence electrons. The van der Waals surface area contributed by atoms with Gasteiger partial charge in [-0.3, -0.25) is 24.6 Å². The van der Waals surface area contributed by atoms with Crippen molar-refractivity contribution in [2.24, 2.45) is 11.8 Å². The van der Waals surface area contributed by atoms with Gasteiger partial charge >= 0.3 is 0 Å². The molecule has 3 aliphatic heterocycles. The number of nitrogens with zero attached hydrogens (tertiary/aromatic N) is 1. The third kappa shape index (κ3) is 2.18. The van der Waals surface area contributed by atoms with E-state index in [1.54, 1.807) is 6.92 Å². The van der Waals surface area contributed by atoms with Crippen molar-refractivity contribution >= 4 is 23.4 Å². The summed E-state index contributed by atoms with van der Waals surface area (Å²) in [5.74, 6) is -2.60. The zero-order valence-electron chi connectivity index (χ0n) is 15.9. The molecule has 3 N–H and O–H groups in total. The van der Waals surface area contributed by atoms with Crippen molar-refractivity contribution < 1.29 is 19.5 Å². The van der Waals surface area contributed by atoms with E-state index in [1.165, 1.54) is 4.90 Å². The van der Waals surface area contributed by atoms with Crippen LogP contribution in [-0.4, -0.2) is 45.9 Å². The van der Waals surface area contributed by atoms with E-state index in [4.69, 9.17) is 0 Å². The molecule has 2 saturated heterocycles. The van der Waals surface area contributed by atoms with Gasteiger partial charge in [0.15, 0.2) is 0 Å². The quantitative estimate of drug-likeness (QED) is 0.686. The lowest BCUT2D eigenvalue weighted by atomic mass is 9.76. The third-order valence-electron chi connectivity index (χ3n) is 6.39. The lowest BCUT2D eigenvalue weighted by Crippen LogP contribution is -2.55. The fraction of sp³-hybridized carbons (Fsp3) is 0.550. The standard InChI is InChI=1S/C20H25N3O4/c1-5-10(3)23-17(25)14-15(18(23)26)20(22-16(14)11(4)24)12-8-9(2)6-7-13(12)21-19(20)27/h6-8,10-11,14-16,22,24H,5H2,1-4H3,(H,21,27). The largest absolute Gasteiger partial charge is 0.392 e. The molecule has 1 aromatic rings. The van der Waals surface area contributed by atoms with E-state index in [-0.39, 0.29) is 23.8 Å². The fourth-order valence-electron chi connectivity index (χ4n) is 4.90. The number of carbonyl (C=O) groups is 3. The summed E-state index contributed by atoms with van der Waals surface area (Å²) in [5, 5.41) is 16.4. The van der Waals surface area contributed by atoms with Crippen LogP contribution in [0.2, 0.25) is 0 Å². The van der Waals surface area contributed by atoms with Crippen LogP contribution in [0.1, 0.15) is 38.3 Å². The average Bonchev–Trinajstić information content (AvgIpc) is 3.20. The normalized spacial score (nSPS) is 34.0. The maximum atomic E-state index is 13.4. The molecule has 6 unspecified atom stereocenters. The average molecular weight is 371 g/mol. The van der Waals surface area contributed by atoms with Gasteiger partial charge < -0.3 is 10.4 Å². The summed E-state index contributed by atoms with van der Waals surface area (Å²) in [6.07, 6.45) is -0.245. The summed E-state index contributed by atoms with van der Waals surface area (Å²) in [7, 11) is 0. The summed E-state index contributed by atoms with van der Waals surface area (Å²) in [6, 6.07) is 4.67. The van der Waals surface area contributed by atoms with Crippen LogP contribution in [0.5, 0.6) is 0 Å². The summed E-state index contributed by atoms with van der Waals surface area (Å²) in [6.45, 7) is 7.26. The van der Waals surface area contributed by atoms with Crippen molar-refractivity contribution in [3.8, 4) is 0 Å². The van der Waals surface area contributed by atoms with Gasteiger partial charge in [0.05, 0.1) is 17.9 Å². The summed E-state index contributed by atoms with van der Waals surface area (Å²) in [5.41, 5.74) is 0.949. The molecule has 3 aliphatic rings. The SMILES string of the molecule is CCC(C)N1C(=O)C2C(C(C)O)NC3(C(=O)Nc4ccc(C)cc43)C2C1=O. The zero-order chi connectivity index (χ0) is 19.7. The minimum absolute atomic E-state index is 0.247. The van der Waals surface area contributed by atoms with Crippen molar-refractivity contribution in [2.45, 2.75) is 57.8 Å². The van der Waals surface area contributed by atoms with E-state index in [2.05, 4.69) is 10.6 Å². The summed E-state index contributed by atoms with van der Waals surface area (Å²) < 4.78 is 0. The number of aryl methyl sites for hydroxylation is 1. The minimum Gasteiger partial charge on any atom is -0.392 e. The minimum atomic E-state index is -1.33. The first-order valence-electron chi connectivity index (χ1n) is 9.49. The molecule has 1 aromatic carbocycles. The second-order valence-electron chi connectivity index (χ2n) is 8.03. The Morgan fingerprint density at radius 3 is 2.56 bits per heavy atom. The first-order valence-corrected chi connectivity index (χ1v) is 9.49. The Labute approximate surface area is 158 Å². The van der Waals surface area contributed by atoms with Crippen LogP contribution < -0.4 is 10.6 Å². The number of benzene rings is 1. The van der Waals surface area contributed by atoms with Gasteiger partial charge in [0.1, 0.15) is 5.54 Å². The first-order chi connectivity index (χ1) is 12.7. The topological polar surface area (TPSA) is 98.7 Å². The van der Waals surface area contributed by atoms with Crippen molar-refractivity contribution in [3.05, 3.63) is 29.3 Å². The fourth-order valence-corrected chi connectivity index (χ4v) is 4.90. The monoisotopic (exact) mass is 371 g/mol. The molecule has 0 saturated carbocycles. The van der Waals surface area contributed by atoms with E-state index in [9.17, 15) is 19.5 Å². The molecule has 0 aliphatic carbocycles. The molecular weight excluding hydrogens is 346 g/mol. The highest BCUT2D eigenvalue weighted by molar-refractivity contribution is 6.15. The number of hydrogen-bond acceptors (Lipinski definition) is 5. The van der Waals surface area contributed by atoms with Gasteiger partial charge in [-0.05, 0) is 33.3 Å². The van der Waals surface area contributed by atoms with Crippen LogP contribution in [0, 0.1) is 18.8 Å². The molecule has 2 fully saturated rings. The number of aliphatic hydroxyl groups is 1. The second-order valence-corrected chi connectivity index (χ2v) is 8.03. The van der Waals surface area contributed by atoms with E-state index >= 15 is 0 Å². The number of likely N-dealkylation sites (tertiary alicyclic amines) is 1. The van der Waals surface area contributed by atoms with Gasteiger partial charge in [0.2, 0.25) is 17.7 Å². The smallest absolute Gasteiger partial charge is 0.250 e. The molecule has 6 atom stereocenters. The molecule has 3 amide bonds. The number of fused-ring (bicyclic) bond motifs is 4. The summed E-state index contributed by atoms with van der Waals surface area (Å²) in [4.78, 5) is 41.0. The van der Waals surface area contributed by atoms with Gasteiger partial charge in [-0.1, -0.05) is 24.6 Å². The number of imide groups is 1. The van der Waals surface area contributed by atoms with Gasteiger partial charge in [-0.15, -0.1) is 0 Å². The number of amides is 3. The van der Waals surface area contributed by atoms with Crippen LogP contribution in [0.15, 0.2) is 18.2 Å². The molecule has 0 bridgehead atoms. The predicted octanol–water partition coefficient (Wildman–Crippen LogP) is 0.895. The lowest BCUT2D eigenvalue weighted by Gasteiger charge is -2.31. The number of hydrogen-bond donors (Lipinski definition) is 3. The maximum Gasteiger partial charge on any atom is 0.250 e. The number of aliphatic hydroxyl groups excluding tert-OH is 1. The first kappa shape index (κ1) is 18.1.